The molecule has 0 saturated carbocycles. The van der Waals surface area contributed by atoms with Gasteiger partial charge in [0.25, 0.3) is 10.0 Å². The van der Waals surface area contributed by atoms with Crippen molar-refractivity contribution >= 4 is 10.0 Å². The molecule has 0 aliphatic carbocycles. The highest BCUT2D eigenvalue weighted by molar-refractivity contribution is 7.89. The van der Waals surface area contributed by atoms with E-state index in [-0.39, 0.29) is 23.0 Å². The minimum Gasteiger partial charge on any atom is -0.383 e. The van der Waals surface area contributed by atoms with Gasteiger partial charge in [-0.3, -0.25) is 4.90 Å². The molecule has 2 fully saturated rings. The zero-order valence-electron chi connectivity index (χ0n) is 20.7. The zero-order valence-corrected chi connectivity index (χ0v) is 21.5. The van der Waals surface area contributed by atoms with Crippen LogP contribution >= 0.6 is 0 Å². The molecule has 1 aromatic heterocycles. The van der Waals surface area contributed by atoms with Crippen molar-refractivity contribution in [1.82, 2.24) is 18.8 Å². The van der Waals surface area contributed by atoms with Crippen LogP contribution in [0.1, 0.15) is 29.9 Å². The van der Waals surface area contributed by atoms with Crippen LogP contribution in [0.25, 0.3) is 11.1 Å². The topological polar surface area (TPSA) is 67.7 Å². The van der Waals surface area contributed by atoms with Gasteiger partial charge in [0, 0.05) is 51.4 Å². The van der Waals surface area contributed by atoms with Gasteiger partial charge in [-0.05, 0) is 48.6 Å². The maximum Gasteiger partial charge on any atom is 0.262 e. The predicted octanol–water partition coefficient (Wildman–Crippen LogP) is 3.66. The first-order valence-electron chi connectivity index (χ1n) is 12.3. The lowest BCUT2D eigenvalue weighted by Crippen LogP contribution is -2.68. The summed E-state index contributed by atoms with van der Waals surface area (Å²) < 4.78 is 35.8. The molecule has 0 bridgehead atoms. The van der Waals surface area contributed by atoms with Gasteiger partial charge in [0.1, 0.15) is 0 Å². The lowest BCUT2D eigenvalue weighted by atomic mass is 9.74. The number of methoxy groups -OCH3 is 1. The van der Waals surface area contributed by atoms with E-state index in [1.807, 2.05) is 0 Å². The number of imidazole rings is 1. The fourth-order valence-corrected chi connectivity index (χ4v) is 7.18. The smallest absolute Gasteiger partial charge is 0.262 e. The third-order valence-corrected chi connectivity index (χ3v) is 9.27. The van der Waals surface area contributed by atoms with Crippen LogP contribution in [0, 0.1) is 6.92 Å². The number of fused-ring (bicyclic) bond motifs is 1. The second-order valence-corrected chi connectivity index (χ2v) is 11.6. The van der Waals surface area contributed by atoms with E-state index in [1.165, 1.54) is 22.3 Å². The molecule has 0 unspecified atom stereocenters. The number of aryl methyl sites for hydroxylation is 2. The molecule has 0 amide bonds. The highest BCUT2D eigenvalue weighted by atomic mass is 32.2. The highest BCUT2D eigenvalue weighted by Gasteiger charge is 2.50. The highest BCUT2D eigenvalue weighted by Crippen LogP contribution is 2.43. The fraction of sp³-hybridized carbons (Fsp3) is 0.444. The van der Waals surface area contributed by atoms with Gasteiger partial charge in [-0.25, -0.2) is 13.4 Å². The molecule has 0 N–H and O–H groups in total. The largest absolute Gasteiger partial charge is 0.383 e. The SMILES string of the molecule is COC[C@@H]1[C@H](c2ccc(-c3ccccc3C)cc2)[C@H]2CN(S(=O)(=O)c3cn(C)cn3)CCCCN12. The number of hydrogen-bond acceptors (Lipinski definition) is 5. The second-order valence-electron chi connectivity index (χ2n) is 9.74. The molecule has 3 atom stereocenters. The van der Waals surface area contributed by atoms with Gasteiger partial charge in [-0.1, -0.05) is 48.5 Å². The van der Waals surface area contributed by atoms with Crippen molar-refractivity contribution in [2.45, 2.75) is 42.8 Å². The van der Waals surface area contributed by atoms with Crippen molar-refractivity contribution in [2.75, 3.05) is 33.4 Å². The van der Waals surface area contributed by atoms with Crippen molar-refractivity contribution in [3.63, 3.8) is 0 Å². The molecule has 2 aliphatic rings. The number of ether oxygens (including phenoxy) is 1. The van der Waals surface area contributed by atoms with Crippen molar-refractivity contribution < 1.29 is 13.2 Å². The third-order valence-electron chi connectivity index (χ3n) is 7.52. The Hall–Kier alpha value is -2.52. The van der Waals surface area contributed by atoms with E-state index in [4.69, 9.17) is 4.74 Å². The third kappa shape index (κ3) is 4.56. The number of rotatable bonds is 6. The average molecular weight is 495 g/mol. The minimum atomic E-state index is -3.64. The van der Waals surface area contributed by atoms with Crippen LogP contribution in [0.4, 0.5) is 0 Å². The van der Waals surface area contributed by atoms with Crippen LogP contribution in [0.15, 0.2) is 66.1 Å². The molecule has 5 rings (SSSR count). The summed E-state index contributed by atoms with van der Waals surface area (Å²) in [6, 6.07) is 17.6. The molecule has 8 heteroatoms. The number of aromatic nitrogens is 2. The van der Waals surface area contributed by atoms with E-state index in [1.54, 1.807) is 35.6 Å². The molecular formula is C27H34N4O3S. The van der Waals surface area contributed by atoms with E-state index < -0.39 is 10.0 Å². The van der Waals surface area contributed by atoms with E-state index in [0.717, 1.165) is 19.4 Å². The summed E-state index contributed by atoms with van der Waals surface area (Å²) >= 11 is 0. The monoisotopic (exact) mass is 494 g/mol. The van der Waals surface area contributed by atoms with Gasteiger partial charge < -0.3 is 9.30 Å². The Bertz CT molecular complexity index is 1270. The molecule has 186 valence electrons. The van der Waals surface area contributed by atoms with Gasteiger partial charge in [-0.2, -0.15) is 4.31 Å². The zero-order chi connectivity index (χ0) is 24.6. The Kier molecular flexibility index (Phi) is 6.81. The van der Waals surface area contributed by atoms with Crippen molar-refractivity contribution in [2.24, 2.45) is 7.05 Å². The quantitative estimate of drug-likeness (QED) is 0.523. The van der Waals surface area contributed by atoms with Gasteiger partial charge in [-0.15, -0.1) is 0 Å². The molecule has 3 heterocycles. The van der Waals surface area contributed by atoms with Crippen LogP contribution in [-0.4, -0.2) is 72.6 Å². The maximum absolute atomic E-state index is 13.4. The maximum atomic E-state index is 13.4. The first kappa shape index (κ1) is 24.2. The van der Waals surface area contributed by atoms with E-state index in [0.29, 0.717) is 19.7 Å². The molecule has 7 nitrogen and oxygen atoms in total. The first-order valence-corrected chi connectivity index (χ1v) is 13.7. The van der Waals surface area contributed by atoms with Crippen LogP contribution in [-0.2, 0) is 21.8 Å². The van der Waals surface area contributed by atoms with Gasteiger partial charge >= 0.3 is 0 Å². The van der Waals surface area contributed by atoms with Gasteiger partial charge in [0.15, 0.2) is 5.03 Å². The molecule has 2 aliphatic heterocycles. The lowest BCUT2D eigenvalue weighted by Gasteiger charge is -2.57. The predicted molar refractivity (Wildman–Crippen MR) is 137 cm³/mol. The lowest BCUT2D eigenvalue weighted by molar-refractivity contribution is -0.0635. The van der Waals surface area contributed by atoms with Crippen molar-refractivity contribution in [1.29, 1.82) is 0 Å². The average Bonchev–Trinajstić information content (AvgIpc) is 3.28. The van der Waals surface area contributed by atoms with E-state index in [2.05, 4.69) is 65.3 Å². The van der Waals surface area contributed by atoms with E-state index in [9.17, 15) is 8.42 Å². The molecule has 35 heavy (non-hydrogen) atoms. The Morgan fingerprint density at radius 3 is 2.49 bits per heavy atom. The van der Waals surface area contributed by atoms with E-state index >= 15 is 0 Å². The number of benzene rings is 2. The standard InChI is InChI=1S/C27H34N4O3S/c1-20-8-4-5-9-23(20)21-10-12-22(13-11-21)27-24-16-30(35(32,33)26-17-29(2)19-28-26)14-6-7-15-31(24)25(27)18-34-3/h4-5,8-13,17,19,24-25,27H,6-7,14-16,18H2,1-3H3/t24-,25-,27-/m1/s1. The molecule has 0 radical (unpaired) electrons. The first-order chi connectivity index (χ1) is 16.9. The van der Waals surface area contributed by atoms with Crippen LogP contribution in [0.2, 0.25) is 0 Å². The van der Waals surface area contributed by atoms with Crippen LogP contribution in [0.5, 0.6) is 0 Å². The van der Waals surface area contributed by atoms with Crippen LogP contribution < -0.4 is 0 Å². The second kappa shape index (κ2) is 9.85. The normalized spacial score (nSPS) is 23.8. The summed E-state index contributed by atoms with van der Waals surface area (Å²) in [6.07, 6.45) is 4.93. The molecule has 3 aromatic rings. The summed E-state index contributed by atoms with van der Waals surface area (Å²) in [5, 5.41) is 0.124. The Labute approximate surface area is 208 Å². The summed E-state index contributed by atoms with van der Waals surface area (Å²) in [6.45, 7) is 4.72. The number of nitrogens with zero attached hydrogens (tertiary/aromatic N) is 4. The van der Waals surface area contributed by atoms with Gasteiger partial charge in [0.05, 0.1) is 12.9 Å². The molecule has 2 saturated heterocycles. The Morgan fingerprint density at radius 1 is 1.06 bits per heavy atom. The number of sulfonamides is 1. The molecule has 2 aromatic carbocycles. The summed E-state index contributed by atoms with van der Waals surface area (Å²) in [7, 11) is -0.108. The molecule has 0 spiro atoms. The summed E-state index contributed by atoms with van der Waals surface area (Å²) in [5.74, 6) is 0.209. The summed E-state index contributed by atoms with van der Waals surface area (Å²) in [5.41, 5.74) is 4.92. The van der Waals surface area contributed by atoms with Gasteiger partial charge in [0.2, 0.25) is 0 Å². The minimum absolute atomic E-state index is 0.109. The fourth-order valence-electron chi connectivity index (χ4n) is 5.71. The molecular weight excluding hydrogens is 460 g/mol. The van der Waals surface area contributed by atoms with Crippen LogP contribution in [0.3, 0.4) is 0 Å². The summed E-state index contributed by atoms with van der Waals surface area (Å²) in [4.78, 5) is 6.59. The number of hydrogen-bond donors (Lipinski definition) is 0. The Morgan fingerprint density at radius 2 is 1.80 bits per heavy atom. The van der Waals surface area contributed by atoms with Crippen molar-refractivity contribution in [3.05, 3.63) is 72.2 Å². The Balaban J connectivity index is 1.44. The van der Waals surface area contributed by atoms with Crippen molar-refractivity contribution in [3.8, 4) is 11.1 Å².